The summed E-state index contributed by atoms with van der Waals surface area (Å²) in [5, 5.41) is 0.458. The molecule has 4 aromatic carbocycles. The van der Waals surface area contributed by atoms with Crippen LogP contribution in [0.3, 0.4) is 0 Å². The average molecular weight is 581 g/mol. The maximum Gasteiger partial charge on any atom is 0.291 e. The molecule has 0 aliphatic carbocycles. The molecule has 0 saturated heterocycles. The molecule has 0 fully saturated rings. The van der Waals surface area contributed by atoms with Crippen LogP contribution in [0.15, 0.2) is 100 Å². The molecule has 0 radical (unpaired) electrons. The van der Waals surface area contributed by atoms with Gasteiger partial charge in [0.2, 0.25) is 5.76 Å². The second kappa shape index (κ2) is 9.56. The van der Waals surface area contributed by atoms with Gasteiger partial charge in [-0.15, -0.1) is 0 Å². The van der Waals surface area contributed by atoms with Gasteiger partial charge in [-0.1, -0.05) is 60.1 Å². The lowest BCUT2D eigenvalue weighted by molar-refractivity contribution is -0.126. The van der Waals surface area contributed by atoms with E-state index in [0.717, 1.165) is 0 Å². The Kier molecular flexibility index (Phi) is 5.92. The lowest BCUT2D eigenvalue weighted by Gasteiger charge is -2.34. The van der Waals surface area contributed by atoms with Crippen LogP contribution in [0.2, 0.25) is 5.02 Å². The first-order valence-corrected chi connectivity index (χ1v) is 13.6. The predicted octanol–water partition coefficient (Wildman–Crippen LogP) is 6.04. The van der Waals surface area contributed by atoms with Crippen molar-refractivity contribution in [3.63, 3.8) is 0 Å². The number of fused-ring (bicyclic) bond motifs is 5. The quantitative estimate of drug-likeness (QED) is 0.253. The van der Waals surface area contributed by atoms with E-state index in [4.69, 9.17) is 20.8 Å². The number of carbonyl (C=O) groups is 2. The van der Waals surface area contributed by atoms with E-state index in [1.807, 2.05) is 0 Å². The van der Waals surface area contributed by atoms with Gasteiger partial charge in [-0.25, -0.2) is 4.39 Å². The lowest BCUT2D eigenvalue weighted by atomic mass is 9.83. The van der Waals surface area contributed by atoms with E-state index in [0.29, 0.717) is 33.1 Å². The number of anilines is 1. The van der Waals surface area contributed by atoms with Gasteiger partial charge >= 0.3 is 0 Å². The molecule has 1 spiro atoms. The molecule has 42 heavy (non-hydrogen) atoms. The van der Waals surface area contributed by atoms with Crippen LogP contribution in [0.25, 0.3) is 11.0 Å². The number of methoxy groups -OCH3 is 1. The number of hydrogen-bond donors (Lipinski definition) is 0. The Labute approximate surface area is 244 Å². The SMILES string of the molecule is COc1ccc(CN2C(=O)c3oc4ccc(Cl)cc4c(=O)c3C23C(=O)N(Cc2ccccc2F)c2ccccc23)cc1. The monoisotopic (exact) mass is 580 g/mol. The molecule has 1 unspecified atom stereocenters. The largest absolute Gasteiger partial charge is 0.497 e. The molecule has 0 saturated carbocycles. The number of benzene rings is 4. The van der Waals surface area contributed by atoms with E-state index in [2.05, 4.69) is 0 Å². The van der Waals surface area contributed by atoms with Crippen LogP contribution < -0.4 is 15.1 Å². The Morgan fingerprint density at radius 3 is 2.40 bits per heavy atom. The highest BCUT2D eigenvalue weighted by Gasteiger charge is 2.65. The number of ether oxygens (including phenoxy) is 1. The molecule has 2 aliphatic heterocycles. The fourth-order valence-corrected chi connectivity index (χ4v) is 6.22. The topological polar surface area (TPSA) is 80.1 Å². The van der Waals surface area contributed by atoms with Crippen molar-refractivity contribution in [1.82, 2.24) is 4.90 Å². The summed E-state index contributed by atoms with van der Waals surface area (Å²) in [6, 6.07) is 24.8. The number of halogens is 2. The molecular weight excluding hydrogens is 559 g/mol. The zero-order valence-corrected chi connectivity index (χ0v) is 23.0. The Morgan fingerprint density at radius 1 is 0.905 bits per heavy atom. The van der Waals surface area contributed by atoms with Crippen LogP contribution in [-0.4, -0.2) is 23.8 Å². The summed E-state index contributed by atoms with van der Waals surface area (Å²) in [5.74, 6) is -1.21. The minimum absolute atomic E-state index is 0.0167. The first-order chi connectivity index (χ1) is 20.3. The third kappa shape index (κ3) is 3.61. The maximum atomic E-state index is 14.8. The molecule has 9 heteroatoms. The fraction of sp³-hybridized carbons (Fsp3) is 0.121. The highest BCUT2D eigenvalue weighted by Crippen LogP contribution is 2.53. The second-order valence-electron chi connectivity index (χ2n) is 10.2. The highest BCUT2D eigenvalue weighted by molar-refractivity contribution is 6.31. The fourth-order valence-electron chi connectivity index (χ4n) is 6.05. The summed E-state index contributed by atoms with van der Waals surface area (Å²) in [5.41, 5.74) is -0.391. The van der Waals surface area contributed by atoms with E-state index in [1.54, 1.807) is 79.9 Å². The molecule has 0 bridgehead atoms. The van der Waals surface area contributed by atoms with E-state index < -0.39 is 28.6 Å². The van der Waals surface area contributed by atoms with E-state index in [-0.39, 0.29) is 35.4 Å². The predicted molar refractivity (Wildman–Crippen MR) is 155 cm³/mol. The van der Waals surface area contributed by atoms with Crippen molar-refractivity contribution >= 4 is 40.1 Å². The van der Waals surface area contributed by atoms with Gasteiger partial charge in [-0.3, -0.25) is 14.4 Å². The van der Waals surface area contributed by atoms with Gasteiger partial charge in [0.25, 0.3) is 11.8 Å². The van der Waals surface area contributed by atoms with Crippen LogP contribution in [0, 0.1) is 5.82 Å². The van der Waals surface area contributed by atoms with Crippen LogP contribution in [0.5, 0.6) is 5.75 Å². The molecule has 5 aromatic rings. The Hall–Kier alpha value is -4.95. The molecule has 7 rings (SSSR count). The summed E-state index contributed by atoms with van der Waals surface area (Å²) >= 11 is 6.24. The third-order valence-electron chi connectivity index (χ3n) is 7.98. The van der Waals surface area contributed by atoms with E-state index in [9.17, 15) is 18.8 Å². The van der Waals surface area contributed by atoms with Crippen molar-refractivity contribution < 1.29 is 23.1 Å². The lowest BCUT2D eigenvalue weighted by Crippen LogP contribution is -2.53. The van der Waals surface area contributed by atoms with Gasteiger partial charge in [0.1, 0.15) is 17.1 Å². The highest BCUT2D eigenvalue weighted by atomic mass is 35.5. The first kappa shape index (κ1) is 26.0. The number of para-hydroxylation sites is 1. The Bertz CT molecular complexity index is 1990. The smallest absolute Gasteiger partial charge is 0.291 e. The summed E-state index contributed by atoms with van der Waals surface area (Å²) in [7, 11) is 1.55. The molecule has 3 heterocycles. The van der Waals surface area contributed by atoms with Crippen LogP contribution >= 0.6 is 11.6 Å². The summed E-state index contributed by atoms with van der Waals surface area (Å²) in [6.45, 7) is -0.119. The van der Waals surface area contributed by atoms with Gasteiger partial charge in [0.05, 0.1) is 30.3 Å². The molecule has 2 aliphatic rings. The standard InChI is InChI=1S/C33H22ClFN2O5/c1-41-22-13-10-19(11-14-22)17-37-31(39)30-28(29(38)23-16-21(34)12-15-27(23)42-30)33(37)24-7-3-5-9-26(24)36(32(33)40)18-20-6-2-4-8-25(20)35/h2-16H,17-18H2,1H3. The van der Waals surface area contributed by atoms with Gasteiger partial charge in [-0.05, 0) is 48.0 Å². The van der Waals surface area contributed by atoms with Crippen LogP contribution in [0.1, 0.15) is 32.8 Å². The van der Waals surface area contributed by atoms with Crippen molar-refractivity contribution in [3.8, 4) is 5.75 Å². The number of amides is 2. The Morgan fingerprint density at radius 2 is 1.64 bits per heavy atom. The molecule has 1 atom stereocenters. The van der Waals surface area contributed by atoms with Crippen molar-refractivity contribution in [2.45, 2.75) is 18.6 Å². The van der Waals surface area contributed by atoms with Gasteiger partial charge in [0.15, 0.2) is 11.0 Å². The van der Waals surface area contributed by atoms with Crippen molar-refractivity contribution in [2.24, 2.45) is 0 Å². The number of carbonyl (C=O) groups excluding carboxylic acids is 2. The molecular formula is C33H22ClFN2O5. The minimum atomic E-state index is -1.86. The van der Waals surface area contributed by atoms with Crippen molar-refractivity contribution in [1.29, 1.82) is 0 Å². The van der Waals surface area contributed by atoms with Crippen LogP contribution in [0.4, 0.5) is 10.1 Å². The van der Waals surface area contributed by atoms with E-state index in [1.165, 1.54) is 28.0 Å². The van der Waals surface area contributed by atoms with Gasteiger partial charge in [-0.2, -0.15) is 0 Å². The molecule has 0 N–H and O–H groups in total. The maximum absolute atomic E-state index is 14.8. The summed E-state index contributed by atoms with van der Waals surface area (Å²) in [6.07, 6.45) is 0. The molecule has 7 nitrogen and oxygen atoms in total. The first-order valence-electron chi connectivity index (χ1n) is 13.2. The number of rotatable bonds is 5. The van der Waals surface area contributed by atoms with Crippen LogP contribution in [-0.2, 0) is 23.4 Å². The molecule has 1 aromatic heterocycles. The third-order valence-corrected chi connectivity index (χ3v) is 8.22. The summed E-state index contributed by atoms with van der Waals surface area (Å²) in [4.78, 5) is 46.2. The van der Waals surface area contributed by atoms with Gasteiger partial charge in [0, 0.05) is 22.7 Å². The van der Waals surface area contributed by atoms with E-state index >= 15 is 0 Å². The summed E-state index contributed by atoms with van der Waals surface area (Å²) < 4.78 is 26.2. The normalized spacial score (nSPS) is 17.3. The molecule has 208 valence electrons. The molecule has 2 amide bonds. The zero-order chi connectivity index (χ0) is 29.2. The van der Waals surface area contributed by atoms with Crippen molar-refractivity contribution in [2.75, 3.05) is 12.0 Å². The van der Waals surface area contributed by atoms with Crippen molar-refractivity contribution in [3.05, 3.63) is 140 Å². The Balaban J connectivity index is 1.50. The zero-order valence-electron chi connectivity index (χ0n) is 22.3. The number of nitrogens with zero attached hydrogens (tertiary/aromatic N) is 2. The minimum Gasteiger partial charge on any atom is -0.497 e. The van der Waals surface area contributed by atoms with Gasteiger partial charge < -0.3 is 19.0 Å². The second-order valence-corrected chi connectivity index (χ2v) is 10.7. The average Bonchev–Trinajstić information content (AvgIpc) is 3.39. The number of hydrogen-bond acceptors (Lipinski definition) is 5.